The van der Waals surface area contributed by atoms with Gasteiger partial charge < -0.3 is 9.84 Å². The number of hydrogen-bond donors (Lipinski definition) is 1. The van der Waals surface area contributed by atoms with Gasteiger partial charge in [0, 0.05) is 13.1 Å². The van der Waals surface area contributed by atoms with Crippen molar-refractivity contribution in [3.8, 4) is 0 Å². The van der Waals surface area contributed by atoms with E-state index in [1.807, 2.05) is 0 Å². The predicted octanol–water partition coefficient (Wildman–Crippen LogP) is 1.20. The van der Waals surface area contributed by atoms with E-state index >= 15 is 0 Å². The highest BCUT2D eigenvalue weighted by Crippen LogP contribution is 2.34. The SMILES string of the molecule is CC1(C(=O)O)CCN(S(=O)(=O)c2ccc3c(c2)COC3)C1. The van der Waals surface area contributed by atoms with Gasteiger partial charge in [-0.15, -0.1) is 0 Å². The summed E-state index contributed by atoms with van der Waals surface area (Å²) in [6.45, 7) is 2.76. The van der Waals surface area contributed by atoms with E-state index in [4.69, 9.17) is 4.74 Å². The summed E-state index contributed by atoms with van der Waals surface area (Å²) in [4.78, 5) is 11.5. The molecule has 7 heteroatoms. The first-order valence-corrected chi connectivity index (χ1v) is 8.20. The van der Waals surface area contributed by atoms with Gasteiger partial charge in [0.15, 0.2) is 0 Å². The number of carboxylic acid groups (broad SMARTS) is 1. The monoisotopic (exact) mass is 311 g/mol. The molecule has 6 nitrogen and oxygen atoms in total. The molecule has 0 bridgehead atoms. The Morgan fingerprint density at radius 2 is 2.05 bits per heavy atom. The molecule has 0 aliphatic carbocycles. The number of ether oxygens (including phenoxy) is 1. The van der Waals surface area contributed by atoms with Gasteiger partial charge in [0.05, 0.1) is 23.5 Å². The number of fused-ring (bicyclic) bond motifs is 1. The van der Waals surface area contributed by atoms with Crippen molar-refractivity contribution in [2.24, 2.45) is 5.41 Å². The van der Waals surface area contributed by atoms with Gasteiger partial charge in [0.2, 0.25) is 10.0 Å². The second-order valence-electron chi connectivity index (χ2n) is 5.88. The fourth-order valence-corrected chi connectivity index (χ4v) is 4.37. The number of carbonyl (C=O) groups is 1. The lowest BCUT2D eigenvalue weighted by Gasteiger charge is -2.20. The van der Waals surface area contributed by atoms with Crippen molar-refractivity contribution in [1.82, 2.24) is 4.31 Å². The first-order valence-electron chi connectivity index (χ1n) is 6.76. The summed E-state index contributed by atoms with van der Waals surface area (Å²) in [5.74, 6) is -0.956. The van der Waals surface area contributed by atoms with E-state index in [0.717, 1.165) is 11.1 Å². The first kappa shape index (κ1) is 14.5. The molecule has 0 saturated carbocycles. The molecule has 0 amide bonds. The van der Waals surface area contributed by atoms with Crippen LogP contribution >= 0.6 is 0 Å². The molecule has 1 aromatic rings. The molecule has 2 aliphatic heterocycles. The second-order valence-corrected chi connectivity index (χ2v) is 7.82. The van der Waals surface area contributed by atoms with E-state index in [1.54, 1.807) is 25.1 Å². The Bertz CT molecular complexity index is 699. The van der Waals surface area contributed by atoms with Crippen LogP contribution in [0.2, 0.25) is 0 Å². The van der Waals surface area contributed by atoms with Gasteiger partial charge >= 0.3 is 5.97 Å². The molecule has 2 aliphatic rings. The second kappa shape index (κ2) is 4.79. The molecule has 114 valence electrons. The van der Waals surface area contributed by atoms with Crippen molar-refractivity contribution >= 4 is 16.0 Å². The van der Waals surface area contributed by atoms with Gasteiger partial charge in [0.1, 0.15) is 0 Å². The maximum atomic E-state index is 12.6. The van der Waals surface area contributed by atoms with Crippen molar-refractivity contribution < 1.29 is 23.1 Å². The van der Waals surface area contributed by atoms with Crippen LogP contribution in [0.1, 0.15) is 24.5 Å². The fourth-order valence-electron chi connectivity index (χ4n) is 2.76. The Labute approximate surface area is 123 Å². The summed E-state index contributed by atoms with van der Waals surface area (Å²) >= 11 is 0. The standard InChI is InChI=1S/C14H17NO5S/c1-14(13(16)17)4-5-15(9-14)21(18,19)12-3-2-10-7-20-8-11(10)6-12/h2-3,6H,4-5,7-9H2,1H3,(H,16,17). The minimum atomic E-state index is -3.65. The van der Waals surface area contributed by atoms with Crippen LogP contribution in [0.25, 0.3) is 0 Å². The predicted molar refractivity (Wildman–Crippen MR) is 74.1 cm³/mol. The van der Waals surface area contributed by atoms with Crippen molar-refractivity contribution in [3.05, 3.63) is 29.3 Å². The van der Waals surface area contributed by atoms with Crippen LogP contribution in [-0.4, -0.2) is 36.9 Å². The number of sulfonamides is 1. The van der Waals surface area contributed by atoms with Crippen molar-refractivity contribution in [1.29, 1.82) is 0 Å². The van der Waals surface area contributed by atoms with E-state index < -0.39 is 21.4 Å². The number of benzene rings is 1. The number of hydrogen-bond acceptors (Lipinski definition) is 4. The van der Waals surface area contributed by atoms with Crippen LogP contribution in [0.15, 0.2) is 23.1 Å². The zero-order valence-electron chi connectivity index (χ0n) is 11.7. The maximum Gasteiger partial charge on any atom is 0.310 e. The van der Waals surface area contributed by atoms with Crippen LogP contribution < -0.4 is 0 Å². The highest BCUT2D eigenvalue weighted by atomic mass is 32.2. The minimum Gasteiger partial charge on any atom is -0.481 e. The van der Waals surface area contributed by atoms with E-state index in [9.17, 15) is 18.3 Å². The van der Waals surface area contributed by atoms with Crippen LogP contribution in [0.3, 0.4) is 0 Å². The molecule has 21 heavy (non-hydrogen) atoms. The quantitative estimate of drug-likeness (QED) is 0.907. The van der Waals surface area contributed by atoms with Gasteiger partial charge in [-0.3, -0.25) is 4.79 Å². The molecule has 1 atom stereocenters. The van der Waals surface area contributed by atoms with Crippen LogP contribution in [-0.2, 0) is 32.8 Å². The Morgan fingerprint density at radius 1 is 1.33 bits per heavy atom. The van der Waals surface area contributed by atoms with Gasteiger partial charge in [-0.05, 0) is 36.6 Å². The molecule has 1 unspecified atom stereocenters. The van der Waals surface area contributed by atoms with E-state index in [1.165, 1.54) is 4.31 Å². The topological polar surface area (TPSA) is 83.9 Å². The van der Waals surface area contributed by atoms with Crippen molar-refractivity contribution in [3.63, 3.8) is 0 Å². The Morgan fingerprint density at radius 3 is 2.71 bits per heavy atom. The molecular weight excluding hydrogens is 294 g/mol. The number of nitrogens with zero attached hydrogens (tertiary/aromatic N) is 1. The molecule has 1 N–H and O–H groups in total. The van der Waals surface area contributed by atoms with Gasteiger partial charge in [-0.25, -0.2) is 8.42 Å². The first-order chi connectivity index (χ1) is 9.83. The van der Waals surface area contributed by atoms with Crippen LogP contribution in [0.4, 0.5) is 0 Å². The smallest absolute Gasteiger partial charge is 0.310 e. The van der Waals surface area contributed by atoms with Gasteiger partial charge in [-0.1, -0.05) is 6.07 Å². The Hall–Kier alpha value is -1.44. The normalized spacial score (nSPS) is 26.0. The van der Waals surface area contributed by atoms with Gasteiger partial charge in [-0.2, -0.15) is 4.31 Å². The largest absolute Gasteiger partial charge is 0.481 e. The van der Waals surface area contributed by atoms with Crippen molar-refractivity contribution in [2.45, 2.75) is 31.5 Å². The summed E-state index contributed by atoms with van der Waals surface area (Å²) in [5.41, 5.74) is 0.884. The third-order valence-corrected chi connectivity index (χ3v) is 6.13. The number of aliphatic carboxylic acids is 1. The van der Waals surface area contributed by atoms with E-state index in [-0.39, 0.29) is 18.0 Å². The maximum absolute atomic E-state index is 12.6. The Kier molecular flexibility index (Phi) is 3.31. The zero-order chi connectivity index (χ0) is 15.3. The van der Waals surface area contributed by atoms with E-state index in [2.05, 4.69) is 0 Å². The molecule has 1 saturated heterocycles. The number of rotatable bonds is 3. The molecule has 1 aromatic carbocycles. The fraction of sp³-hybridized carbons (Fsp3) is 0.500. The third kappa shape index (κ3) is 2.35. The molecule has 0 spiro atoms. The van der Waals surface area contributed by atoms with Crippen LogP contribution in [0, 0.1) is 5.41 Å². The summed E-state index contributed by atoms with van der Waals surface area (Å²) < 4.78 is 31.8. The summed E-state index contributed by atoms with van der Waals surface area (Å²) in [7, 11) is -3.65. The average molecular weight is 311 g/mol. The lowest BCUT2D eigenvalue weighted by Crippen LogP contribution is -2.34. The van der Waals surface area contributed by atoms with Crippen molar-refractivity contribution in [2.75, 3.05) is 13.1 Å². The summed E-state index contributed by atoms with van der Waals surface area (Å²) in [6, 6.07) is 4.97. The minimum absolute atomic E-state index is 0.0122. The highest BCUT2D eigenvalue weighted by molar-refractivity contribution is 7.89. The summed E-state index contributed by atoms with van der Waals surface area (Å²) in [5, 5.41) is 9.22. The molecule has 0 radical (unpaired) electrons. The highest BCUT2D eigenvalue weighted by Gasteiger charge is 2.44. The zero-order valence-corrected chi connectivity index (χ0v) is 12.5. The lowest BCUT2D eigenvalue weighted by atomic mass is 9.90. The molecule has 1 fully saturated rings. The Balaban J connectivity index is 1.90. The van der Waals surface area contributed by atoms with Gasteiger partial charge in [0.25, 0.3) is 0 Å². The lowest BCUT2D eigenvalue weighted by molar-refractivity contribution is -0.146. The molecule has 3 rings (SSSR count). The third-order valence-electron chi connectivity index (χ3n) is 4.29. The number of carboxylic acids is 1. The summed E-state index contributed by atoms with van der Waals surface area (Å²) in [6.07, 6.45) is 0.329. The molecule has 0 aromatic heterocycles. The average Bonchev–Trinajstić information content (AvgIpc) is 3.05. The van der Waals surface area contributed by atoms with Crippen LogP contribution in [0.5, 0.6) is 0 Å². The molecule has 2 heterocycles. The van der Waals surface area contributed by atoms with E-state index in [0.29, 0.717) is 19.6 Å². The molecular formula is C14H17NO5S.